The Balaban J connectivity index is 1.46. The smallest absolute Gasteiger partial charge is 0.256 e. The molecule has 0 atom stereocenters. The molecule has 0 bridgehead atoms. The number of para-hydroxylation sites is 1. The number of carbonyl (C=O) groups excluding carboxylic acids is 1. The normalized spacial score (nSPS) is 14.8. The number of hydrogen-bond acceptors (Lipinski definition) is 5. The van der Waals surface area contributed by atoms with Gasteiger partial charge >= 0.3 is 0 Å². The van der Waals surface area contributed by atoms with Gasteiger partial charge in [0.1, 0.15) is 16.8 Å². The zero-order chi connectivity index (χ0) is 17.2. The minimum absolute atomic E-state index is 0.00822. The third-order valence-corrected chi connectivity index (χ3v) is 4.58. The van der Waals surface area contributed by atoms with Gasteiger partial charge in [-0.2, -0.15) is 15.4 Å². The summed E-state index contributed by atoms with van der Waals surface area (Å²) in [5.74, 6) is 0.854. The number of aromatic amines is 1. The fourth-order valence-corrected chi connectivity index (χ4v) is 3.17. The van der Waals surface area contributed by atoms with Gasteiger partial charge < -0.3 is 14.5 Å². The second-order valence-corrected chi connectivity index (χ2v) is 5.97. The minimum Gasteiger partial charge on any atom is -0.497 e. The van der Waals surface area contributed by atoms with Crippen molar-refractivity contribution >= 4 is 22.6 Å². The third-order valence-electron chi connectivity index (χ3n) is 4.58. The summed E-state index contributed by atoms with van der Waals surface area (Å²) in [5, 5.41) is 10.7. The quantitative estimate of drug-likeness (QED) is 0.790. The Morgan fingerprint density at radius 1 is 1.04 bits per heavy atom. The summed E-state index contributed by atoms with van der Waals surface area (Å²) in [6.45, 7) is 2.96. The molecule has 1 aliphatic rings. The standard InChI is InChI=1S/C18H19N5O2/c1-25-14-7-5-13(6-8-14)22-9-11-23(12-10-22)18(24)15-3-2-4-16-17(15)20-21-19-16/h2-8H,9-12H2,1H3,(H,19,20,21). The molecular formula is C18H19N5O2. The van der Waals surface area contributed by atoms with Crippen LogP contribution in [-0.2, 0) is 0 Å². The van der Waals surface area contributed by atoms with Gasteiger partial charge in [-0.3, -0.25) is 4.79 Å². The number of methoxy groups -OCH3 is 1. The summed E-state index contributed by atoms with van der Waals surface area (Å²) < 4.78 is 5.20. The van der Waals surface area contributed by atoms with E-state index in [1.807, 2.05) is 47.4 Å². The molecule has 3 aromatic rings. The first-order chi connectivity index (χ1) is 12.3. The Hall–Kier alpha value is -3.09. The van der Waals surface area contributed by atoms with E-state index in [0.717, 1.165) is 24.5 Å². The van der Waals surface area contributed by atoms with Gasteiger partial charge in [0.15, 0.2) is 0 Å². The number of amides is 1. The topological polar surface area (TPSA) is 74.3 Å². The van der Waals surface area contributed by atoms with Gasteiger partial charge in [0, 0.05) is 31.9 Å². The Bertz CT molecular complexity index is 882. The highest BCUT2D eigenvalue weighted by Crippen LogP contribution is 2.22. The molecule has 4 rings (SSSR count). The number of ether oxygens (including phenoxy) is 1. The van der Waals surface area contributed by atoms with E-state index in [2.05, 4.69) is 20.3 Å². The summed E-state index contributed by atoms with van der Waals surface area (Å²) in [4.78, 5) is 17.0. The largest absolute Gasteiger partial charge is 0.497 e. The lowest BCUT2D eigenvalue weighted by molar-refractivity contribution is 0.0748. The number of piperazine rings is 1. The molecule has 25 heavy (non-hydrogen) atoms. The molecule has 128 valence electrons. The molecule has 2 aromatic carbocycles. The fourth-order valence-electron chi connectivity index (χ4n) is 3.17. The van der Waals surface area contributed by atoms with E-state index in [1.54, 1.807) is 7.11 Å². The lowest BCUT2D eigenvalue weighted by atomic mass is 10.1. The zero-order valence-corrected chi connectivity index (χ0v) is 14.0. The SMILES string of the molecule is COc1ccc(N2CCN(C(=O)c3cccc4n[nH]nc34)CC2)cc1. The molecular weight excluding hydrogens is 318 g/mol. The maximum Gasteiger partial charge on any atom is 0.256 e. The van der Waals surface area contributed by atoms with Gasteiger partial charge in [-0.05, 0) is 36.4 Å². The van der Waals surface area contributed by atoms with E-state index >= 15 is 0 Å². The molecule has 7 heteroatoms. The van der Waals surface area contributed by atoms with Crippen LogP contribution in [0.2, 0.25) is 0 Å². The Morgan fingerprint density at radius 3 is 2.52 bits per heavy atom. The Kier molecular flexibility index (Phi) is 3.97. The van der Waals surface area contributed by atoms with Crippen molar-refractivity contribution in [2.75, 3.05) is 38.2 Å². The maximum atomic E-state index is 12.8. The van der Waals surface area contributed by atoms with Gasteiger partial charge in [0.25, 0.3) is 5.91 Å². The van der Waals surface area contributed by atoms with Crippen molar-refractivity contribution in [3.63, 3.8) is 0 Å². The molecule has 1 fully saturated rings. The van der Waals surface area contributed by atoms with Gasteiger partial charge in [-0.25, -0.2) is 0 Å². The van der Waals surface area contributed by atoms with E-state index in [-0.39, 0.29) is 5.91 Å². The van der Waals surface area contributed by atoms with Crippen LogP contribution in [-0.4, -0.2) is 59.5 Å². The molecule has 2 heterocycles. The molecule has 1 aliphatic heterocycles. The first-order valence-corrected chi connectivity index (χ1v) is 8.24. The van der Waals surface area contributed by atoms with Crippen LogP contribution in [0, 0.1) is 0 Å². The average molecular weight is 337 g/mol. The van der Waals surface area contributed by atoms with Crippen molar-refractivity contribution in [2.45, 2.75) is 0 Å². The first-order valence-electron chi connectivity index (χ1n) is 8.24. The van der Waals surface area contributed by atoms with Crippen molar-refractivity contribution in [3.8, 4) is 5.75 Å². The molecule has 0 radical (unpaired) electrons. The van der Waals surface area contributed by atoms with E-state index < -0.39 is 0 Å². The van der Waals surface area contributed by atoms with Crippen LogP contribution in [0.3, 0.4) is 0 Å². The van der Waals surface area contributed by atoms with Crippen LogP contribution in [0.5, 0.6) is 5.75 Å². The highest BCUT2D eigenvalue weighted by molar-refractivity contribution is 6.04. The number of carbonyl (C=O) groups is 1. The summed E-state index contributed by atoms with van der Waals surface area (Å²) >= 11 is 0. The summed E-state index contributed by atoms with van der Waals surface area (Å²) in [5.41, 5.74) is 3.09. The summed E-state index contributed by atoms with van der Waals surface area (Å²) in [7, 11) is 1.66. The highest BCUT2D eigenvalue weighted by Gasteiger charge is 2.24. The van der Waals surface area contributed by atoms with E-state index in [4.69, 9.17) is 4.74 Å². The van der Waals surface area contributed by atoms with Gasteiger partial charge in [-0.15, -0.1) is 0 Å². The van der Waals surface area contributed by atoms with Crippen LogP contribution >= 0.6 is 0 Å². The van der Waals surface area contributed by atoms with E-state index in [9.17, 15) is 4.79 Å². The van der Waals surface area contributed by atoms with Crippen LogP contribution in [0.1, 0.15) is 10.4 Å². The first kappa shape index (κ1) is 15.4. The molecule has 1 saturated heterocycles. The Labute approximate surface area is 145 Å². The highest BCUT2D eigenvalue weighted by atomic mass is 16.5. The van der Waals surface area contributed by atoms with Crippen LogP contribution in [0.25, 0.3) is 11.0 Å². The monoisotopic (exact) mass is 337 g/mol. The molecule has 1 amide bonds. The molecule has 1 aromatic heterocycles. The predicted molar refractivity (Wildman–Crippen MR) is 95.0 cm³/mol. The predicted octanol–water partition coefficient (Wildman–Crippen LogP) is 1.93. The molecule has 0 spiro atoms. The van der Waals surface area contributed by atoms with E-state index in [0.29, 0.717) is 29.7 Å². The number of fused-ring (bicyclic) bond motifs is 1. The average Bonchev–Trinajstić information content (AvgIpc) is 3.16. The van der Waals surface area contributed by atoms with Crippen molar-refractivity contribution in [1.29, 1.82) is 0 Å². The molecule has 0 saturated carbocycles. The van der Waals surface area contributed by atoms with Crippen molar-refractivity contribution in [1.82, 2.24) is 20.3 Å². The van der Waals surface area contributed by atoms with Crippen molar-refractivity contribution in [2.24, 2.45) is 0 Å². The number of nitrogens with one attached hydrogen (secondary N) is 1. The second-order valence-electron chi connectivity index (χ2n) is 5.97. The molecule has 7 nitrogen and oxygen atoms in total. The van der Waals surface area contributed by atoms with Crippen molar-refractivity contribution < 1.29 is 9.53 Å². The summed E-state index contributed by atoms with van der Waals surface area (Å²) in [6, 6.07) is 13.5. The minimum atomic E-state index is 0.00822. The number of H-pyrrole nitrogens is 1. The maximum absolute atomic E-state index is 12.8. The number of rotatable bonds is 3. The fraction of sp³-hybridized carbons (Fsp3) is 0.278. The number of benzene rings is 2. The zero-order valence-electron chi connectivity index (χ0n) is 14.0. The van der Waals surface area contributed by atoms with Crippen LogP contribution in [0.15, 0.2) is 42.5 Å². The molecule has 0 aliphatic carbocycles. The van der Waals surface area contributed by atoms with Gasteiger partial charge in [0.2, 0.25) is 0 Å². The lowest BCUT2D eigenvalue weighted by Gasteiger charge is -2.36. The summed E-state index contributed by atoms with van der Waals surface area (Å²) in [6.07, 6.45) is 0. The van der Waals surface area contributed by atoms with Crippen LogP contribution < -0.4 is 9.64 Å². The number of hydrogen-bond donors (Lipinski definition) is 1. The van der Waals surface area contributed by atoms with E-state index in [1.165, 1.54) is 0 Å². The van der Waals surface area contributed by atoms with Crippen molar-refractivity contribution in [3.05, 3.63) is 48.0 Å². The third kappa shape index (κ3) is 2.88. The van der Waals surface area contributed by atoms with Crippen LogP contribution in [0.4, 0.5) is 5.69 Å². The second kappa shape index (κ2) is 6.43. The number of anilines is 1. The lowest BCUT2D eigenvalue weighted by Crippen LogP contribution is -2.48. The molecule has 1 N–H and O–H groups in total. The number of nitrogens with zero attached hydrogens (tertiary/aromatic N) is 4. The Morgan fingerprint density at radius 2 is 1.80 bits per heavy atom. The molecule has 0 unspecified atom stereocenters. The van der Waals surface area contributed by atoms with Gasteiger partial charge in [0.05, 0.1) is 12.7 Å². The van der Waals surface area contributed by atoms with Gasteiger partial charge in [-0.1, -0.05) is 6.07 Å². The number of aromatic nitrogens is 3.